The summed E-state index contributed by atoms with van der Waals surface area (Å²) in [6.07, 6.45) is 1.78. The molecule has 0 saturated heterocycles. The van der Waals surface area contributed by atoms with Crippen molar-refractivity contribution in [2.24, 2.45) is 5.92 Å². The van der Waals surface area contributed by atoms with Gasteiger partial charge in [0.15, 0.2) is 0 Å². The third-order valence-electron chi connectivity index (χ3n) is 2.88. The number of phenolic OH excluding ortho intramolecular Hbond substituents is 1. The highest BCUT2D eigenvalue weighted by Crippen LogP contribution is 2.26. The van der Waals surface area contributed by atoms with E-state index in [4.69, 9.17) is 5.11 Å². The summed E-state index contributed by atoms with van der Waals surface area (Å²) in [4.78, 5) is 0. The minimum atomic E-state index is -0.0717. The summed E-state index contributed by atoms with van der Waals surface area (Å²) in [7, 11) is 0. The van der Waals surface area contributed by atoms with E-state index in [1.807, 2.05) is 12.1 Å². The van der Waals surface area contributed by atoms with Crippen molar-refractivity contribution in [3.05, 3.63) is 29.8 Å². The molecule has 1 saturated carbocycles. The molecule has 2 rings (SSSR count). The Bertz CT molecular complexity index is 321. The fraction of sp³-hybridized carbons (Fsp3) is 0.500. The zero-order valence-corrected chi connectivity index (χ0v) is 8.69. The largest absolute Gasteiger partial charge is 0.508 e. The Balaban J connectivity index is 1.69. The number of aliphatic hydroxyl groups is 1. The van der Waals surface area contributed by atoms with Crippen molar-refractivity contribution in [3.8, 4) is 5.75 Å². The third kappa shape index (κ3) is 2.94. The average molecular weight is 207 g/mol. The van der Waals surface area contributed by atoms with Crippen LogP contribution in [0, 0.1) is 5.92 Å². The summed E-state index contributed by atoms with van der Waals surface area (Å²) >= 11 is 0. The molecule has 15 heavy (non-hydrogen) atoms. The van der Waals surface area contributed by atoms with Crippen LogP contribution in [0.4, 0.5) is 0 Å². The van der Waals surface area contributed by atoms with E-state index < -0.39 is 0 Å². The second kappa shape index (κ2) is 4.64. The molecule has 0 spiro atoms. The van der Waals surface area contributed by atoms with E-state index in [1.54, 1.807) is 12.1 Å². The van der Waals surface area contributed by atoms with E-state index in [9.17, 15) is 5.11 Å². The number of hydrogen-bond donors (Lipinski definition) is 3. The molecule has 0 amide bonds. The van der Waals surface area contributed by atoms with E-state index in [2.05, 4.69) is 5.32 Å². The number of aliphatic hydroxyl groups excluding tert-OH is 1. The maximum absolute atomic E-state index is 9.25. The number of aromatic hydroxyl groups is 1. The highest BCUT2D eigenvalue weighted by molar-refractivity contribution is 5.26. The average Bonchev–Trinajstić information content (AvgIpc) is 2.15. The molecule has 1 aromatic carbocycles. The van der Waals surface area contributed by atoms with Gasteiger partial charge in [-0.3, -0.25) is 0 Å². The SMILES string of the molecule is Oc1cccc(CNCC2CC(O)C2)c1. The van der Waals surface area contributed by atoms with Crippen LogP contribution in [-0.2, 0) is 6.54 Å². The zero-order chi connectivity index (χ0) is 10.7. The highest BCUT2D eigenvalue weighted by Gasteiger charge is 2.26. The van der Waals surface area contributed by atoms with Gasteiger partial charge >= 0.3 is 0 Å². The predicted molar refractivity (Wildman–Crippen MR) is 58.5 cm³/mol. The fourth-order valence-corrected chi connectivity index (χ4v) is 1.95. The molecule has 0 radical (unpaired) electrons. The molecular weight excluding hydrogens is 190 g/mol. The van der Waals surface area contributed by atoms with E-state index in [0.29, 0.717) is 11.7 Å². The smallest absolute Gasteiger partial charge is 0.115 e. The minimum Gasteiger partial charge on any atom is -0.508 e. The Morgan fingerprint density at radius 2 is 2.13 bits per heavy atom. The topological polar surface area (TPSA) is 52.5 Å². The van der Waals surface area contributed by atoms with E-state index in [1.165, 1.54) is 0 Å². The van der Waals surface area contributed by atoms with Crippen LogP contribution in [0.5, 0.6) is 5.75 Å². The van der Waals surface area contributed by atoms with Crippen molar-refractivity contribution in [2.75, 3.05) is 6.54 Å². The first-order valence-electron chi connectivity index (χ1n) is 5.41. The summed E-state index contributed by atoms with van der Waals surface area (Å²) in [5.41, 5.74) is 1.09. The first-order chi connectivity index (χ1) is 7.24. The second-order valence-corrected chi connectivity index (χ2v) is 4.29. The van der Waals surface area contributed by atoms with Crippen molar-refractivity contribution in [2.45, 2.75) is 25.5 Å². The van der Waals surface area contributed by atoms with Crippen LogP contribution < -0.4 is 5.32 Å². The maximum atomic E-state index is 9.25. The standard InChI is InChI=1S/C12H17NO2/c14-11-3-1-2-9(4-11)7-13-8-10-5-12(15)6-10/h1-4,10,12-15H,5-8H2. The van der Waals surface area contributed by atoms with Gasteiger partial charge < -0.3 is 15.5 Å². The summed E-state index contributed by atoms with van der Waals surface area (Å²) in [5, 5.41) is 21.7. The normalized spacial score (nSPS) is 24.9. The quantitative estimate of drug-likeness (QED) is 0.696. The van der Waals surface area contributed by atoms with Gasteiger partial charge in [-0.15, -0.1) is 0 Å². The van der Waals surface area contributed by atoms with Gasteiger partial charge in [-0.1, -0.05) is 12.1 Å². The Hall–Kier alpha value is -1.06. The molecule has 1 fully saturated rings. The molecule has 1 aliphatic rings. The number of nitrogens with one attached hydrogen (secondary N) is 1. The minimum absolute atomic E-state index is 0.0717. The van der Waals surface area contributed by atoms with Crippen LogP contribution in [0.2, 0.25) is 0 Å². The van der Waals surface area contributed by atoms with Gasteiger partial charge in [0.2, 0.25) is 0 Å². The molecule has 0 heterocycles. The monoisotopic (exact) mass is 207 g/mol. The highest BCUT2D eigenvalue weighted by atomic mass is 16.3. The summed E-state index contributed by atoms with van der Waals surface area (Å²) in [6, 6.07) is 7.27. The first-order valence-corrected chi connectivity index (χ1v) is 5.41. The summed E-state index contributed by atoms with van der Waals surface area (Å²) in [6.45, 7) is 1.73. The van der Waals surface area contributed by atoms with Crippen LogP contribution in [0.1, 0.15) is 18.4 Å². The second-order valence-electron chi connectivity index (χ2n) is 4.29. The van der Waals surface area contributed by atoms with Crippen LogP contribution in [0.15, 0.2) is 24.3 Å². The van der Waals surface area contributed by atoms with E-state index in [0.717, 1.165) is 31.5 Å². The Kier molecular flexibility index (Phi) is 3.23. The molecule has 0 aliphatic heterocycles. The van der Waals surface area contributed by atoms with Crippen LogP contribution in [0.3, 0.4) is 0 Å². The lowest BCUT2D eigenvalue weighted by Crippen LogP contribution is -2.35. The van der Waals surface area contributed by atoms with Crippen LogP contribution in [0.25, 0.3) is 0 Å². The lowest BCUT2D eigenvalue weighted by Gasteiger charge is -2.31. The van der Waals surface area contributed by atoms with Gasteiger partial charge in [0, 0.05) is 6.54 Å². The maximum Gasteiger partial charge on any atom is 0.115 e. The van der Waals surface area contributed by atoms with Gasteiger partial charge in [-0.05, 0) is 43.0 Å². The third-order valence-corrected chi connectivity index (χ3v) is 2.88. The van der Waals surface area contributed by atoms with E-state index >= 15 is 0 Å². The summed E-state index contributed by atoms with van der Waals surface area (Å²) in [5.74, 6) is 0.936. The van der Waals surface area contributed by atoms with Gasteiger partial charge in [0.25, 0.3) is 0 Å². The van der Waals surface area contributed by atoms with Crippen molar-refractivity contribution in [1.82, 2.24) is 5.32 Å². The molecule has 82 valence electrons. The van der Waals surface area contributed by atoms with Gasteiger partial charge in [0.05, 0.1) is 6.10 Å². The van der Waals surface area contributed by atoms with Crippen LogP contribution >= 0.6 is 0 Å². The first kappa shape index (κ1) is 10.5. The molecule has 3 heteroatoms. The summed E-state index contributed by atoms with van der Waals surface area (Å²) < 4.78 is 0. The van der Waals surface area contributed by atoms with Crippen molar-refractivity contribution in [1.29, 1.82) is 0 Å². The lowest BCUT2D eigenvalue weighted by atomic mass is 9.82. The molecule has 3 N–H and O–H groups in total. The van der Waals surface area contributed by atoms with Gasteiger partial charge in [-0.2, -0.15) is 0 Å². The number of benzene rings is 1. The van der Waals surface area contributed by atoms with Crippen molar-refractivity contribution in [3.63, 3.8) is 0 Å². The number of hydrogen-bond acceptors (Lipinski definition) is 3. The van der Waals surface area contributed by atoms with Gasteiger partial charge in [-0.25, -0.2) is 0 Å². The number of rotatable bonds is 4. The lowest BCUT2D eigenvalue weighted by molar-refractivity contribution is 0.0430. The molecular formula is C12H17NO2. The van der Waals surface area contributed by atoms with Crippen molar-refractivity contribution < 1.29 is 10.2 Å². The molecule has 0 atom stereocenters. The molecule has 0 unspecified atom stereocenters. The Morgan fingerprint density at radius 1 is 1.33 bits per heavy atom. The number of phenols is 1. The van der Waals surface area contributed by atoms with E-state index in [-0.39, 0.29) is 6.10 Å². The Morgan fingerprint density at radius 3 is 2.80 bits per heavy atom. The molecule has 1 aromatic rings. The molecule has 3 nitrogen and oxygen atoms in total. The fourth-order valence-electron chi connectivity index (χ4n) is 1.95. The molecule has 0 aromatic heterocycles. The van der Waals surface area contributed by atoms with Crippen molar-refractivity contribution >= 4 is 0 Å². The Labute approximate surface area is 89.8 Å². The molecule has 1 aliphatic carbocycles. The molecule has 0 bridgehead atoms. The predicted octanol–water partition coefficient (Wildman–Crippen LogP) is 1.25. The van der Waals surface area contributed by atoms with Crippen LogP contribution in [-0.4, -0.2) is 22.9 Å². The zero-order valence-electron chi connectivity index (χ0n) is 8.69. The van der Waals surface area contributed by atoms with Gasteiger partial charge in [0.1, 0.15) is 5.75 Å².